The second kappa shape index (κ2) is 17.5. The summed E-state index contributed by atoms with van der Waals surface area (Å²) in [4.78, 5) is 26.0. The molecule has 0 radical (unpaired) electrons. The summed E-state index contributed by atoms with van der Waals surface area (Å²) in [6, 6.07) is 13.4. The number of rotatable bonds is 14. The van der Waals surface area contributed by atoms with E-state index >= 15 is 0 Å². The van der Waals surface area contributed by atoms with E-state index in [0.717, 1.165) is 13.5 Å². The van der Waals surface area contributed by atoms with Crippen LogP contribution in [-0.2, 0) is 19.1 Å². The van der Waals surface area contributed by atoms with Gasteiger partial charge in [0.2, 0.25) is 0 Å². The van der Waals surface area contributed by atoms with Crippen LogP contribution in [0.1, 0.15) is 37.7 Å². The van der Waals surface area contributed by atoms with Gasteiger partial charge in [0.05, 0.1) is 40.8 Å². The average Bonchev–Trinajstić information content (AvgIpc) is 2.97. The number of methoxy groups -OCH3 is 1. The number of hydrogen-bond donors (Lipinski definition) is 3. The molecule has 0 amide bonds. The van der Waals surface area contributed by atoms with Gasteiger partial charge in [0, 0.05) is 12.2 Å². The van der Waals surface area contributed by atoms with Crippen LogP contribution >= 0.6 is 35.6 Å². The van der Waals surface area contributed by atoms with Gasteiger partial charge in [-0.15, -0.1) is 12.4 Å². The second-order valence-electron chi connectivity index (χ2n) is 9.70. The average molecular weight is 682 g/mol. The predicted octanol–water partition coefficient (Wildman–Crippen LogP) is 6.11. The third-order valence-corrected chi connectivity index (χ3v) is 7.39. The van der Waals surface area contributed by atoms with Crippen molar-refractivity contribution in [2.45, 2.75) is 44.4 Å². The van der Waals surface area contributed by atoms with Crippen molar-refractivity contribution in [3.05, 3.63) is 86.7 Å². The van der Waals surface area contributed by atoms with Gasteiger partial charge in [-0.25, -0.2) is 9.59 Å². The van der Waals surface area contributed by atoms with Crippen LogP contribution < -0.4 is 15.4 Å². The topological polar surface area (TPSA) is 106 Å². The fourth-order valence-corrected chi connectivity index (χ4v) is 4.93. The normalized spacial score (nSPS) is 15.7. The molecule has 0 saturated heterocycles. The van der Waals surface area contributed by atoms with E-state index in [1.165, 1.54) is 25.1 Å². The number of ether oxygens (including phenoxy) is 3. The van der Waals surface area contributed by atoms with E-state index in [-0.39, 0.29) is 52.5 Å². The molecule has 44 heavy (non-hydrogen) atoms. The van der Waals surface area contributed by atoms with E-state index in [4.69, 9.17) is 32.7 Å². The smallest absolute Gasteiger partial charge is 0.431 e. The molecule has 3 N–H and O–H groups in total. The number of nitrogens with one attached hydrogen (secondary N) is 2. The number of allylic oxidation sites excluding steroid dienone is 2. The Morgan fingerprint density at radius 2 is 1.73 bits per heavy atom. The van der Waals surface area contributed by atoms with E-state index in [9.17, 15) is 27.9 Å². The van der Waals surface area contributed by atoms with Crippen LogP contribution in [0.25, 0.3) is 0 Å². The number of benzene rings is 2. The van der Waals surface area contributed by atoms with E-state index < -0.39 is 41.4 Å². The zero-order valence-electron chi connectivity index (χ0n) is 24.0. The molecule has 8 nitrogen and oxygen atoms in total. The predicted molar refractivity (Wildman–Crippen MR) is 163 cm³/mol. The minimum absolute atomic E-state index is 0. The van der Waals surface area contributed by atoms with Crippen molar-refractivity contribution in [3.8, 4) is 5.75 Å². The van der Waals surface area contributed by atoms with Crippen molar-refractivity contribution in [1.82, 2.24) is 10.6 Å². The molecule has 0 aliphatic carbocycles. The molecule has 1 heterocycles. The molecule has 2 unspecified atom stereocenters. The van der Waals surface area contributed by atoms with Gasteiger partial charge in [0.15, 0.2) is 0 Å². The first-order valence-corrected chi connectivity index (χ1v) is 14.3. The zero-order chi connectivity index (χ0) is 31.6. The molecule has 2 atom stereocenters. The second-order valence-corrected chi connectivity index (χ2v) is 10.5. The van der Waals surface area contributed by atoms with Crippen molar-refractivity contribution in [2.75, 3.05) is 33.4 Å². The number of esters is 2. The number of unbranched alkanes of at least 4 members (excludes halogenated alkanes) is 2. The molecule has 0 bridgehead atoms. The van der Waals surface area contributed by atoms with Crippen molar-refractivity contribution in [2.24, 2.45) is 0 Å². The third-order valence-electron chi connectivity index (χ3n) is 6.56. The number of aliphatic hydroxyl groups is 1. The highest BCUT2D eigenvalue weighted by molar-refractivity contribution is 6.42. The Balaban J connectivity index is 0.00000675. The molecule has 1 aliphatic heterocycles. The first kappa shape index (κ1) is 37.2. The van der Waals surface area contributed by atoms with Gasteiger partial charge in [-0.05, 0) is 56.5 Å². The number of halogens is 6. The van der Waals surface area contributed by atoms with E-state index in [0.29, 0.717) is 31.7 Å². The first-order chi connectivity index (χ1) is 20.5. The molecule has 14 heteroatoms. The zero-order valence-corrected chi connectivity index (χ0v) is 26.3. The van der Waals surface area contributed by atoms with Crippen LogP contribution in [0.5, 0.6) is 5.75 Å². The highest BCUT2D eigenvalue weighted by atomic mass is 35.5. The summed E-state index contributed by atoms with van der Waals surface area (Å²) in [5.41, 5.74) is -2.54. The van der Waals surface area contributed by atoms with E-state index in [2.05, 4.69) is 15.4 Å². The Bertz CT molecular complexity index is 1340. The summed E-state index contributed by atoms with van der Waals surface area (Å²) < 4.78 is 57.7. The maximum absolute atomic E-state index is 14.0. The maximum Gasteiger partial charge on any atom is 0.431 e. The Morgan fingerprint density at radius 3 is 2.39 bits per heavy atom. The number of para-hydroxylation sites is 1. The number of carbonyl (C=O) groups excluding carboxylic acids is 2. The van der Waals surface area contributed by atoms with E-state index in [1.807, 2.05) is 18.2 Å². The van der Waals surface area contributed by atoms with Crippen LogP contribution in [0.4, 0.5) is 13.2 Å². The fraction of sp³-hybridized carbons (Fsp3) is 0.400. The Kier molecular flexibility index (Phi) is 14.8. The molecular weight excluding hydrogens is 648 g/mol. The lowest BCUT2D eigenvalue weighted by atomic mass is 9.80. The first-order valence-electron chi connectivity index (χ1n) is 13.5. The van der Waals surface area contributed by atoms with Crippen LogP contribution in [0.2, 0.25) is 10.0 Å². The van der Waals surface area contributed by atoms with Crippen LogP contribution in [0.3, 0.4) is 0 Å². The SMILES string of the molecule is COC(=O)C1=C(C(F)(F)F)NC(C)=C(C(=O)OCCCCCNCC(O)COc2ccccc2)C1c1cccc(Cl)c1Cl.Cl. The molecule has 3 rings (SSSR count). The Hall–Kier alpha value is -2.96. The number of aliphatic hydroxyl groups excluding tert-OH is 1. The highest BCUT2D eigenvalue weighted by Gasteiger charge is 2.48. The lowest BCUT2D eigenvalue weighted by Gasteiger charge is -2.32. The number of carbonyl (C=O) groups is 2. The van der Waals surface area contributed by atoms with Gasteiger partial charge >= 0.3 is 18.1 Å². The van der Waals surface area contributed by atoms with Crippen molar-refractivity contribution in [3.63, 3.8) is 0 Å². The van der Waals surface area contributed by atoms with Crippen molar-refractivity contribution >= 4 is 47.5 Å². The summed E-state index contributed by atoms with van der Waals surface area (Å²) in [6.45, 7) is 2.37. The summed E-state index contributed by atoms with van der Waals surface area (Å²) in [6.07, 6.45) is -3.80. The summed E-state index contributed by atoms with van der Waals surface area (Å²) in [5, 5.41) is 15.3. The lowest BCUT2D eigenvalue weighted by Crippen LogP contribution is -2.38. The largest absolute Gasteiger partial charge is 0.491 e. The highest BCUT2D eigenvalue weighted by Crippen LogP contribution is 2.46. The quantitative estimate of drug-likeness (QED) is 0.162. The summed E-state index contributed by atoms with van der Waals surface area (Å²) in [7, 11) is 0.942. The third kappa shape index (κ3) is 10.0. The van der Waals surface area contributed by atoms with Gasteiger partial charge in [-0.2, -0.15) is 13.2 Å². The van der Waals surface area contributed by atoms with Crippen molar-refractivity contribution < 1.29 is 42.1 Å². The molecule has 2 aromatic carbocycles. The molecule has 0 saturated carbocycles. The van der Waals surface area contributed by atoms with Crippen LogP contribution in [0.15, 0.2) is 71.1 Å². The Labute approximate surface area is 269 Å². The van der Waals surface area contributed by atoms with Gasteiger partial charge in [0.25, 0.3) is 0 Å². The standard InChI is InChI=1S/C30H33Cl2F3N2O6.ClH/c1-18-23(29(40)42-15-8-4-7-14-36-16-19(38)17-43-20-10-5-3-6-11-20)24(21-12-9-13-22(31)26(21)32)25(28(39)41-2)27(37-18)30(33,34)35;/h3,5-6,9-13,19,24,36-38H,4,7-8,14-17H2,1-2H3;1H. The fourth-order valence-electron chi connectivity index (χ4n) is 4.51. The Morgan fingerprint density at radius 1 is 1.02 bits per heavy atom. The molecule has 0 fully saturated rings. The van der Waals surface area contributed by atoms with Crippen molar-refractivity contribution in [1.29, 1.82) is 0 Å². The van der Waals surface area contributed by atoms with Gasteiger partial charge in [-0.1, -0.05) is 53.5 Å². The molecule has 0 aromatic heterocycles. The number of alkyl halides is 3. The van der Waals surface area contributed by atoms with E-state index in [1.54, 1.807) is 12.1 Å². The maximum atomic E-state index is 14.0. The molecular formula is C30H34Cl3F3N2O6. The molecule has 0 spiro atoms. The monoisotopic (exact) mass is 680 g/mol. The summed E-state index contributed by atoms with van der Waals surface area (Å²) >= 11 is 12.5. The molecule has 2 aromatic rings. The number of dihydropyridines is 1. The van der Waals surface area contributed by atoms with Gasteiger partial charge < -0.3 is 30.0 Å². The minimum Gasteiger partial charge on any atom is -0.491 e. The number of hydrogen-bond acceptors (Lipinski definition) is 8. The van der Waals surface area contributed by atoms with Gasteiger partial charge in [0.1, 0.15) is 24.2 Å². The molecule has 1 aliphatic rings. The van der Waals surface area contributed by atoms with Crippen LogP contribution in [-0.4, -0.2) is 62.7 Å². The van der Waals surface area contributed by atoms with Gasteiger partial charge in [-0.3, -0.25) is 0 Å². The minimum atomic E-state index is -4.97. The lowest BCUT2D eigenvalue weighted by molar-refractivity contribution is -0.140. The van der Waals surface area contributed by atoms with Crippen LogP contribution in [0, 0.1) is 0 Å². The molecule has 242 valence electrons. The summed E-state index contributed by atoms with van der Waals surface area (Å²) in [5.74, 6) is -3.08.